The number of nitrogens with one attached hydrogen (secondary N) is 1. The number of aliphatic hydroxyl groups is 1. The van der Waals surface area contributed by atoms with Crippen LogP contribution in [0.5, 0.6) is 0 Å². The van der Waals surface area contributed by atoms with Gasteiger partial charge in [0.2, 0.25) is 0 Å². The second kappa shape index (κ2) is 9.94. The third kappa shape index (κ3) is 6.22. The highest BCUT2D eigenvalue weighted by Gasteiger charge is 2.50. The number of esters is 3. The molecule has 1 fully saturated rings. The molecule has 0 spiro atoms. The van der Waals surface area contributed by atoms with E-state index in [2.05, 4.69) is 10.3 Å². The molecule has 2 N–H and O–H groups in total. The zero-order chi connectivity index (χ0) is 21.6. The van der Waals surface area contributed by atoms with Gasteiger partial charge in [-0.1, -0.05) is 0 Å². The first-order valence-corrected chi connectivity index (χ1v) is 8.71. The van der Waals surface area contributed by atoms with E-state index >= 15 is 0 Å². The molecule has 1 saturated heterocycles. The van der Waals surface area contributed by atoms with E-state index < -0.39 is 54.5 Å². The van der Waals surface area contributed by atoms with Crippen LogP contribution in [0, 0.1) is 0 Å². The number of nitrogens with zero attached hydrogens (tertiary/aromatic N) is 1. The minimum absolute atomic E-state index is 0.236. The summed E-state index contributed by atoms with van der Waals surface area (Å²) in [4.78, 5) is 50.6. The molecule has 11 heteroatoms. The Morgan fingerprint density at radius 2 is 1.62 bits per heavy atom. The zero-order valence-electron chi connectivity index (χ0n) is 16.1. The zero-order valence-corrected chi connectivity index (χ0v) is 16.1. The fourth-order valence-electron chi connectivity index (χ4n) is 2.81. The largest absolute Gasteiger partial charge is 0.463 e. The topological polar surface area (TPSA) is 150 Å². The molecule has 1 aliphatic heterocycles. The summed E-state index contributed by atoms with van der Waals surface area (Å²) in [6.07, 6.45) is -2.51. The van der Waals surface area contributed by atoms with Crippen LogP contribution in [0.1, 0.15) is 31.1 Å². The highest BCUT2D eigenvalue weighted by atomic mass is 16.7. The molecule has 0 aliphatic carbocycles. The lowest BCUT2D eigenvalue weighted by molar-refractivity contribution is -0.263. The molecule has 0 saturated carbocycles. The van der Waals surface area contributed by atoms with E-state index in [1.807, 2.05) is 0 Å². The molecule has 0 aromatic carbocycles. The smallest absolute Gasteiger partial charge is 0.303 e. The van der Waals surface area contributed by atoms with Crippen molar-refractivity contribution in [2.45, 2.75) is 51.4 Å². The minimum Gasteiger partial charge on any atom is -0.463 e. The average Bonchev–Trinajstić information content (AvgIpc) is 2.65. The standard InChI is InChI=1S/C18H22N2O9/c1-9(21)26-8-13-15(27-10(2)22)16(28-11(3)23)14(18(25)29-13)20-17(24)12-4-6-19-7-5-12/h4-7,13-16,18,25H,8H2,1-3H3,(H,20,24)/t13-,14-,15+,16-,18-/m1/s1. The monoisotopic (exact) mass is 410 g/mol. The van der Waals surface area contributed by atoms with E-state index in [0.29, 0.717) is 0 Å². The summed E-state index contributed by atoms with van der Waals surface area (Å²) in [5.74, 6) is -2.69. The molecule has 1 aliphatic rings. The minimum atomic E-state index is -1.64. The number of hydrogen-bond donors (Lipinski definition) is 2. The van der Waals surface area contributed by atoms with E-state index in [1.165, 1.54) is 31.5 Å². The predicted octanol–water partition coefficient (Wildman–Crippen LogP) is -0.676. The second-order valence-corrected chi connectivity index (χ2v) is 6.25. The lowest BCUT2D eigenvalue weighted by Gasteiger charge is -2.43. The van der Waals surface area contributed by atoms with Crippen molar-refractivity contribution in [1.82, 2.24) is 10.3 Å². The molecule has 158 valence electrons. The van der Waals surface area contributed by atoms with Crippen molar-refractivity contribution in [3.8, 4) is 0 Å². The van der Waals surface area contributed by atoms with Crippen LogP contribution in [-0.4, -0.2) is 71.2 Å². The summed E-state index contributed by atoms with van der Waals surface area (Å²) < 4.78 is 20.7. The average molecular weight is 410 g/mol. The highest BCUT2D eigenvalue weighted by molar-refractivity contribution is 5.94. The van der Waals surface area contributed by atoms with Gasteiger partial charge in [0.05, 0.1) is 0 Å². The Labute approximate surface area is 166 Å². The third-order valence-electron chi connectivity index (χ3n) is 3.96. The van der Waals surface area contributed by atoms with Crippen LogP contribution in [0.3, 0.4) is 0 Å². The van der Waals surface area contributed by atoms with Crippen LogP contribution in [-0.2, 0) is 33.3 Å². The Morgan fingerprint density at radius 3 is 2.17 bits per heavy atom. The summed E-state index contributed by atoms with van der Waals surface area (Å²) in [6, 6.07) is 1.62. The van der Waals surface area contributed by atoms with Crippen LogP contribution >= 0.6 is 0 Å². The van der Waals surface area contributed by atoms with Crippen LogP contribution in [0.4, 0.5) is 0 Å². The first kappa shape index (κ1) is 22.2. The van der Waals surface area contributed by atoms with E-state index in [1.54, 1.807) is 0 Å². The Hall–Kier alpha value is -3.05. The fraction of sp³-hybridized carbons (Fsp3) is 0.500. The molecular formula is C18H22N2O9. The maximum Gasteiger partial charge on any atom is 0.303 e. The maximum absolute atomic E-state index is 12.5. The highest BCUT2D eigenvalue weighted by Crippen LogP contribution is 2.26. The van der Waals surface area contributed by atoms with Gasteiger partial charge in [-0.2, -0.15) is 0 Å². The fourth-order valence-corrected chi connectivity index (χ4v) is 2.81. The number of ether oxygens (including phenoxy) is 4. The van der Waals surface area contributed by atoms with Crippen molar-refractivity contribution in [3.05, 3.63) is 30.1 Å². The third-order valence-corrected chi connectivity index (χ3v) is 3.96. The summed E-state index contributed by atoms with van der Waals surface area (Å²) in [5, 5.41) is 12.9. The lowest BCUT2D eigenvalue weighted by atomic mass is 9.96. The SMILES string of the molecule is CC(=O)OC[C@H]1O[C@@H](O)[C@H](NC(=O)c2ccncc2)[C@@H](OC(C)=O)[C@H]1OC(C)=O. The molecule has 5 atom stereocenters. The van der Waals surface area contributed by atoms with E-state index in [0.717, 1.165) is 13.8 Å². The Kier molecular flexibility index (Phi) is 7.62. The van der Waals surface area contributed by atoms with E-state index in [9.17, 15) is 24.3 Å². The molecule has 0 radical (unpaired) electrons. The van der Waals surface area contributed by atoms with Gasteiger partial charge in [-0.05, 0) is 12.1 Å². The molecule has 2 heterocycles. The van der Waals surface area contributed by atoms with Crippen molar-refractivity contribution in [2.24, 2.45) is 0 Å². The molecule has 29 heavy (non-hydrogen) atoms. The number of pyridine rings is 1. The van der Waals surface area contributed by atoms with Gasteiger partial charge >= 0.3 is 17.9 Å². The number of rotatable bonds is 6. The summed E-state index contributed by atoms with van der Waals surface area (Å²) >= 11 is 0. The summed E-state index contributed by atoms with van der Waals surface area (Å²) in [5.41, 5.74) is 0.236. The number of amides is 1. The van der Waals surface area contributed by atoms with Gasteiger partial charge in [0.15, 0.2) is 18.5 Å². The maximum atomic E-state index is 12.5. The number of aromatic nitrogens is 1. The van der Waals surface area contributed by atoms with Crippen molar-refractivity contribution in [2.75, 3.05) is 6.61 Å². The molecule has 1 amide bonds. The van der Waals surface area contributed by atoms with Crippen LogP contribution in [0.15, 0.2) is 24.5 Å². The van der Waals surface area contributed by atoms with Crippen LogP contribution in [0.25, 0.3) is 0 Å². The molecule has 0 bridgehead atoms. The Bertz CT molecular complexity index is 755. The molecular weight excluding hydrogens is 388 g/mol. The number of aliphatic hydroxyl groups excluding tert-OH is 1. The van der Waals surface area contributed by atoms with Crippen molar-refractivity contribution >= 4 is 23.8 Å². The molecule has 1 aromatic heterocycles. The van der Waals surface area contributed by atoms with E-state index in [4.69, 9.17) is 18.9 Å². The van der Waals surface area contributed by atoms with Gasteiger partial charge in [-0.15, -0.1) is 0 Å². The van der Waals surface area contributed by atoms with E-state index in [-0.39, 0.29) is 12.2 Å². The summed E-state index contributed by atoms with van der Waals surface area (Å²) in [6.45, 7) is 3.05. The summed E-state index contributed by atoms with van der Waals surface area (Å²) in [7, 11) is 0. The van der Waals surface area contributed by atoms with Gasteiger partial charge in [-0.25, -0.2) is 0 Å². The lowest BCUT2D eigenvalue weighted by Crippen LogP contribution is -2.66. The van der Waals surface area contributed by atoms with Crippen LogP contribution in [0.2, 0.25) is 0 Å². The van der Waals surface area contributed by atoms with Crippen molar-refractivity contribution in [3.63, 3.8) is 0 Å². The number of carbonyl (C=O) groups is 4. The number of carbonyl (C=O) groups excluding carboxylic acids is 4. The van der Waals surface area contributed by atoms with Crippen LogP contribution < -0.4 is 5.32 Å². The number of hydrogen-bond acceptors (Lipinski definition) is 10. The van der Waals surface area contributed by atoms with Gasteiger partial charge < -0.3 is 29.4 Å². The Morgan fingerprint density at radius 1 is 1.03 bits per heavy atom. The molecule has 0 unspecified atom stereocenters. The first-order chi connectivity index (χ1) is 13.7. The molecule has 2 rings (SSSR count). The van der Waals surface area contributed by atoms with Crippen molar-refractivity contribution < 1.29 is 43.2 Å². The quantitative estimate of drug-likeness (QED) is 0.456. The Balaban J connectivity index is 2.30. The van der Waals surface area contributed by atoms with Gasteiger partial charge in [0.1, 0.15) is 18.8 Å². The second-order valence-electron chi connectivity index (χ2n) is 6.25. The normalized spacial score (nSPS) is 26.1. The van der Waals surface area contributed by atoms with Gasteiger partial charge in [0, 0.05) is 38.7 Å². The first-order valence-electron chi connectivity index (χ1n) is 8.71. The molecule has 1 aromatic rings. The van der Waals surface area contributed by atoms with Crippen molar-refractivity contribution in [1.29, 1.82) is 0 Å². The van der Waals surface area contributed by atoms with Gasteiger partial charge in [0.25, 0.3) is 5.91 Å². The molecule has 11 nitrogen and oxygen atoms in total. The van der Waals surface area contributed by atoms with Gasteiger partial charge in [-0.3, -0.25) is 24.2 Å². The predicted molar refractivity (Wildman–Crippen MR) is 94.1 cm³/mol.